The van der Waals surface area contributed by atoms with Gasteiger partial charge in [0.15, 0.2) is 0 Å². The smallest absolute Gasteiger partial charge is 0.0876 e. The molecular weight excluding hydrogens is 196 g/mol. The fourth-order valence-corrected chi connectivity index (χ4v) is 2.10. The molecule has 0 aromatic rings. The van der Waals surface area contributed by atoms with Crippen LogP contribution in [0.15, 0.2) is 12.2 Å². The highest BCUT2D eigenvalue weighted by Gasteiger charge is 2.36. The second kappa shape index (κ2) is 8.81. The first-order valence-electron chi connectivity index (χ1n) is 7.19. The van der Waals surface area contributed by atoms with E-state index in [2.05, 4.69) is 26.0 Å². The van der Waals surface area contributed by atoms with Gasteiger partial charge in [0.05, 0.1) is 12.2 Å². The van der Waals surface area contributed by atoms with Gasteiger partial charge in [-0.15, -0.1) is 0 Å². The van der Waals surface area contributed by atoms with Crippen LogP contribution in [0, 0.1) is 0 Å². The molecule has 1 heterocycles. The molecule has 0 unspecified atom stereocenters. The molecule has 0 spiro atoms. The van der Waals surface area contributed by atoms with Crippen molar-refractivity contribution in [2.45, 2.75) is 83.8 Å². The highest BCUT2D eigenvalue weighted by Crippen LogP contribution is 2.30. The molecule has 2 atom stereocenters. The molecule has 16 heavy (non-hydrogen) atoms. The minimum atomic E-state index is 0.555. The highest BCUT2D eigenvalue weighted by atomic mass is 16.6. The van der Waals surface area contributed by atoms with Gasteiger partial charge in [-0.3, -0.25) is 0 Å². The van der Waals surface area contributed by atoms with Crippen LogP contribution in [0.4, 0.5) is 0 Å². The highest BCUT2D eigenvalue weighted by molar-refractivity contribution is 4.93. The van der Waals surface area contributed by atoms with Crippen molar-refractivity contribution in [2.75, 3.05) is 0 Å². The largest absolute Gasteiger partial charge is 0.369 e. The first kappa shape index (κ1) is 13.8. The molecule has 1 saturated heterocycles. The Labute approximate surface area is 101 Å². The van der Waals surface area contributed by atoms with Gasteiger partial charge in [-0.05, 0) is 25.7 Å². The predicted octanol–water partition coefficient (Wildman–Crippen LogP) is 4.86. The molecule has 0 aromatic carbocycles. The number of hydrogen-bond acceptors (Lipinski definition) is 1. The minimum absolute atomic E-state index is 0.555. The summed E-state index contributed by atoms with van der Waals surface area (Å²) in [6.45, 7) is 4.51. The normalized spacial score (nSPS) is 24.1. The van der Waals surface area contributed by atoms with Gasteiger partial charge in [-0.2, -0.15) is 0 Å². The van der Waals surface area contributed by atoms with Crippen LogP contribution in [0.3, 0.4) is 0 Å². The predicted molar refractivity (Wildman–Crippen MR) is 70.7 cm³/mol. The zero-order valence-electron chi connectivity index (χ0n) is 11.1. The second-order valence-electron chi connectivity index (χ2n) is 4.91. The lowest BCUT2D eigenvalue weighted by molar-refractivity contribution is 0.359. The summed E-state index contributed by atoms with van der Waals surface area (Å²) in [5.41, 5.74) is 0. The van der Waals surface area contributed by atoms with E-state index in [1.54, 1.807) is 0 Å². The Morgan fingerprint density at radius 1 is 0.875 bits per heavy atom. The molecule has 0 amide bonds. The maximum atomic E-state index is 5.64. The standard InChI is InChI=1S/C15H28O/c1-3-5-7-8-9-11-13-15-14(16-15)12-10-6-4-2/h9,11,14-15H,3-8,10,12-13H2,1-2H3/b11-9-/t14-,15-/m1/s1. The number of unbranched alkanes of at least 4 members (excludes halogenated alkanes) is 5. The van der Waals surface area contributed by atoms with E-state index in [0.717, 1.165) is 6.42 Å². The average Bonchev–Trinajstić information content (AvgIpc) is 3.03. The van der Waals surface area contributed by atoms with E-state index in [1.807, 2.05) is 0 Å². The lowest BCUT2D eigenvalue weighted by Gasteiger charge is -1.93. The molecule has 0 radical (unpaired) electrons. The Bertz CT molecular complexity index is 186. The molecule has 0 aliphatic carbocycles. The van der Waals surface area contributed by atoms with Gasteiger partial charge in [-0.25, -0.2) is 0 Å². The van der Waals surface area contributed by atoms with Crippen molar-refractivity contribution in [3.63, 3.8) is 0 Å². The molecule has 1 nitrogen and oxygen atoms in total. The Morgan fingerprint density at radius 2 is 1.62 bits per heavy atom. The monoisotopic (exact) mass is 224 g/mol. The lowest BCUT2D eigenvalue weighted by Crippen LogP contribution is -1.92. The molecular formula is C15H28O. The van der Waals surface area contributed by atoms with Crippen molar-refractivity contribution in [3.05, 3.63) is 12.2 Å². The van der Waals surface area contributed by atoms with Crippen molar-refractivity contribution in [1.29, 1.82) is 0 Å². The molecule has 0 aromatic heterocycles. The molecule has 0 bridgehead atoms. The summed E-state index contributed by atoms with van der Waals surface area (Å²) >= 11 is 0. The molecule has 1 heteroatoms. The molecule has 1 aliphatic rings. The van der Waals surface area contributed by atoms with Crippen molar-refractivity contribution in [3.8, 4) is 0 Å². The number of allylic oxidation sites excluding steroid dienone is 1. The lowest BCUT2D eigenvalue weighted by atomic mass is 10.1. The van der Waals surface area contributed by atoms with Crippen LogP contribution in [0.2, 0.25) is 0 Å². The van der Waals surface area contributed by atoms with Crippen LogP contribution in [0.5, 0.6) is 0 Å². The molecule has 0 N–H and O–H groups in total. The molecule has 1 aliphatic heterocycles. The zero-order chi connectivity index (χ0) is 11.6. The Morgan fingerprint density at radius 3 is 2.38 bits per heavy atom. The van der Waals surface area contributed by atoms with E-state index < -0.39 is 0 Å². The third-order valence-electron chi connectivity index (χ3n) is 3.29. The summed E-state index contributed by atoms with van der Waals surface area (Å²) in [7, 11) is 0. The van der Waals surface area contributed by atoms with Gasteiger partial charge in [0.2, 0.25) is 0 Å². The van der Waals surface area contributed by atoms with Gasteiger partial charge in [0.25, 0.3) is 0 Å². The van der Waals surface area contributed by atoms with Crippen LogP contribution in [-0.4, -0.2) is 12.2 Å². The maximum absolute atomic E-state index is 5.64. The van der Waals surface area contributed by atoms with Crippen LogP contribution >= 0.6 is 0 Å². The maximum Gasteiger partial charge on any atom is 0.0876 e. The fraction of sp³-hybridized carbons (Fsp3) is 0.867. The van der Waals surface area contributed by atoms with E-state index in [1.165, 1.54) is 51.4 Å². The van der Waals surface area contributed by atoms with E-state index in [-0.39, 0.29) is 0 Å². The molecule has 1 fully saturated rings. The summed E-state index contributed by atoms with van der Waals surface area (Å²) in [6, 6.07) is 0. The topological polar surface area (TPSA) is 12.5 Å². The summed E-state index contributed by atoms with van der Waals surface area (Å²) in [5.74, 6) is 0. The van der Waals surface area contributed by atoms with Crippen LogP contribution in [0.1, 0.15) is 71.6 Å². The average molecular weight is 224 g/mol. The third-order valence-corrected chi connectivity index (χ3v) is 3.29. The van der Waals surface area contributed by atoms with Gasteiger partial charge in [-0.1, -0.05) is 58.1 Å². The van der Waals surface area contributed by atoms with Gasteiger partial charge >= 0.3 is 0 Å². The summed E-state index contributed by atoms with van der Waals surface area (Å²) < 4.78 is 5.64. The molecule has 0 saturated carbocycles. The minimum Gasteiger partial charge on any atom is -0.369 e. The van der Waals surface area contributed by atoms with Crippen molar-refractivity contribution >= 4 is 0 Å². The fourth-order valence-electron chi connectivity index (χ4n) is 2.10. The zero-order valence-corrected chi connectivity index (χ0v) is 11.1. The first-order valence-corrected chi connectivity index (χ1v) is 7.19. The van der Waals surface area contributed by atoms with Crippen LogP contribution < -0.4 is 0 Å². The summed E-state index contributed by atoms with van der Waals surface area (Å²) in [4.78, 5) is 0. The van der Waals surface area contributed by atoms with Crippen molar-refractivity contribution < 1.29 is 4.74 Å². The van der Waals surface area contributed by atoms with Gasteiger partial charge in [0.1, 0.15) is 0 Å². The number of rotatable bonds is 10. The second-order valence-corrected chi connectivity index (χ2v) is 4.91. The number of hydrogen-bond donors (Lipinski definition) is 0. The Balaban J connectivity index is 1.88. The first-order chi connectivity index (χ1) is 7.88. The van der Waals surface area contributed by atoms with Crippen LogP contribution in [0.25, 0.3) is 0 Å². The van der Waals surface area contributed by atoms with E-state index in [9.17, 15) is 0 Å². The summed E-state index contributed by atoms with van der Waals surface area (Å²) in [5, 5.41) is 0. The van der Waals surface area contributed by atoms with Crippen molar-refractivity contribution in [1.82, 2.24) is 0 Å². The molecule has 1 rings (SSSR count). The Hall–Kier alpha value is -0.300. The quantitative estimate of drug-likeness (QED) is 0.293. The Kier molecular flexibility index (Phi) is 7.58. The van der Waals surface area contributed by atoms with Crippen LogP contribution in [-0.2, 0) is 4.74 Å². The molecule has 94 valence electrons. The third kappa shape index (κ3) is 6.32. The van der Waals surface area contributed by atoms with E-state index in [4.69, 9.17) is 4.74 Å². The number of epoxide rings is 1. The van der Waals surface area contributed by atoms with Gasteiger partial charge < -0.3 is 4.74 Å². The van der Waals surface area contributed by atoms with E-state index >= 15 is 0 Å². The van der Waals surface area contributed by atoms with E-state index in [0.29, 0.717) is 12.2 Å². The number of ether oxygens (including phenoxy) is 1. The summed E-state index contributed by atoms with van der Waals surface area (Å²) in [6.07, 6.45) is 17.5. The van der Waals surface area contributed by atoms with Crippen molar-refractivity contribution in [2.24, 2.45) is 0 Å². The SMILES string of the molecule is CCCCC/C=C\C[C@H]1O[C@@H]1CCCCC. The van der Waals surface area contributed by atoms with Gasteiger partial charge in [0, 0.05) is 0 Å².